The topological polar surface area (TPSA) is 75.1 Å². The van der Waals surface area contributed by atoms with E-state index in [0.717, 1.165) is 38.3 Å². The van der Waals surface area contributed by atoms with Crippen LogP contribution in [0.5, 0.6) is 0 Å². The predicted octanol–water partition coefficient (Wildman–Crippen LogP) is 1.12. The number of carbonyl (C=O) groups excluding carboxylic acids is 2. The van der Waals surface area contributed by atoms with Gasteiger partial charge in [0.2, 0.25) is 5.91 Å². The van der Waals surface area contributed by atoms with Gasteiger partial charge in [0.15, 0.2) is 0 Å². The van der Waals surface area contributed by atoms with Gasteiger partial charge in [0.05, 0.1) is 6.61 Å². The minimum Gasteiger partial charge on any atom is -0.450 e. The molecule has 2 saturated heterocycles. The summed E-state index contributed by atoms with van der Waals surface area (Å²) < 4.78 is 6.95. The van der Waals surface area contributed by atoms with Gasteiger partial charge in [-0.3, -0.25) is 14.5 Å². The molecule has 0 saturated carbocycles. The number of likely N-dealkylation sites (tertiary alicyclic amines) is 1. The Labute approximate surface area is 176 Å². The maximum Gasteiger partial charge on any atom is 0.409 e. The van der Waals surface area contributed by atoms with E-state index in [4.69, 9.17) is 4.74 Å². The van der Waals surface area contributed by atoms with E-state index in [-0.39, 0.29) is 17.6 Å². The molecule has 1 aromatic heterocycles. The second-order valence-corrected chi connectivity index (χ2v) is 8.33. The number of carbonyl (C=O) groups is 2. The van der Waals surface area contributed by atoms with E-state index in [9.17, 15) is 14.4 Å². The number of hydrogen-bond acceptors (Lipinski definition) is 5. The molecule has 4 rings (SSSR count). The van der Waals surface area contributed by atoms with Crippen LogP contribution in [-0.4, -0.2) is 83.7 Å². The zero-order valence-corrected chi connectivity index (χ0v) is 17.5. The van der Waals surface area contributed by atoms with Crippen LogP contribution in [0.1, 0.15) is 25.0 Å². The highest BCUT2D eigenvalue weighted by molar-refractivity contribution is 5.87. The van der Waals surface area contributed by atoms with Crippen molar-refractivity contribution in [3.8, 4) is 0 Å². The number of piperazine rings is 1. The van der Waals surface area contributed by atoms with Crippen molar-refractivity contribution in [1.29, 1.82) is 0 Å². The molecule has 0 aliphatic carbocycles. The van der Waals surface area contributed by atoms with E-state index >= 15 is 0 Å². The maximum atomic E-state index is 12.5. The van der Waals surface area contributed by atoms with Gasteiger partial charge < -0.3 is 19.1 Å². The van der Waals surface area contributed by atoms with Crippen molar-refractivity contribution in [2.45, 2.75) is 25.8 Å². The molecular weight excluding hydrogens is 384 g/mol. The maximum absolute atomic E-state index is 12.5. The molecule has 8 nitrogen and oxygen atoms in total. The molecule has 0 aromatic carbocycles. The number of hydrogen-bond donors (Lipinski definition) is 0. The van der Waals surface area contributed by atoms with Gasteiger partial charge in [0.1, 0.15) is 0 Å². The highest BCUT2D eigenvalue weighted by Crippen LogP contribution is 2.34. The lowest BCUT2D eigenvalue weighted by Gasteiger charge is -2.42. The molecule has 8 heteroatoms. The van der Waals surface area contributed by atoms with Gasteiger partial charge in [-0.05, 0) is 25.3 Å². The van der Waals surface area contributed by atoms with Crippen LogP contribution in [0.2, 0.25) is 0 Å². The van der Waals surface area contributed by atoms with Gasteiger partial charge in [-0.15, -0.1) is 0 Å². The average Bonchev–Trinajstić information content (AvgIpc) is 2.75. The fourth-order valence-electron chi connectivity index (χ4n) is 4.88. The first kappa shape index (κ1) is 20.7. The van der Waals surface area contributed by atoms with Crippen molar-refractivity contribution in [2.24, 2.45) is 5.92 Å². The lowest BCUT2D eigenvalue weighted by molar-refractivity contribution is -0.127. The molecule has 1 aromatic rings. The smallest absolute Gasteiger partial charge is 0.409 e. The lowest BCUT2D eigenvalue weighted by atomic mass is 9.83. The molecular formula is C22H30N4O4. The van der Waals surface area contributed by atoms with Crippen LogP contribution in [0.3, 0.4) is 0 Å². The summed E-state index contributed by atoms with van der Waals surface area (Å²) in [4.78, 5) is 42.2. The normalized spacial score (nSPS) is 24.0. The largest absolute Gasteiger partial charge is 0.450 e. The molecule has 0 N–H and O–H groups in total. The summed E-state index contributed by atoms with van der Waals surface area (Å²) >= 11 is 0. The molecule has 162 valence electrons. The fourth-order valence-corrected chi connectivity index (χ4v) is 4.88. The monoisotopic (exact) mass is 414 g/mol. The number of pyridine rings is 1. The first-order valence-corrected chi connectivity index (χ1v) is 10.8. The van der Waals surface area contributed by atoms with Gasteiger partial charge in [0, 0.05) is 76.1 Å². The molecule has 2 amide bonds. The molecule has 0 spiro atoms. The third-order valence-corrected chi connectivity index (χ3v) is 6.30. The zero-order chi connectivity index (χ0) is 21.1. The highest BCUT2D eigenvalue weighted by atomic mass is 16.6. The molecule has 3 aliphatic rings. The van der Waals surface area contributed by atoms with Crippen LogP contribution in [0.4, 0.5) is 4.79 Å². The Kier molecular flexibility index (Phi) is 6.22. The Morgan fingerprint density at radius 2 is 1.87 bits per heavy atom. The summed E-state index contributed by atoms with van der Waals surface area (Å²) in [6.45, 7) is 7.61. The number of fused-ring (bicyclic) bond motifs is 4. The second-order valence-electron chi connectivity index (χ2n) is 8.33. The number of nitrogens with zero attached hydrogens (tertiary/aromatic N) is 4. The molecule has 2 bridgehead atoms. The van der Waals surface area contributed by atoms with E-state index in [1.165, 1.54) is 0 Å². The Morgan fingerprint density at radius 1 is 1.10 bits per heavy atom. The van der Waals surface area contributed by atoms with Gasteiger partial charge in [-0.2, -0.15) is 0 Å². The highest BCUT2D eigenvalue weighted by Gasteiger charge is 2.34. The zero-order valence-electron chi connectivity index (χ0n) is 17.5. The van der Waals surface area contributed by atoms with Crippen molar-refractivity contribution in [3.05, 3.63) is 46.4 Å². The Bertz CT molecular complexity index is 872. The van der Waals surface area contributed by atoms with E-state index in [2.05, 4.69) is 11.0 Å². The Morgan fingerprint density at radius 3 is 2.63 bits per heavy atom. The third kappa shape index (κ3) is 4.43. The van der Waals surface area contributed by atoms with Gasteiger partial charge >= 0.3 is 6.09 Å². The molecule has 2 atom stereocenters. The van der Waals surface area contributed by atoms with E-state index in [1.54, 1.807) is 28.9 Å². The minimum atomic E-state index is -0.306. The van der Waals surface area contributed by atoms with Crippen LogP contribution >= 0.6 is 0 Å². The first-order valence-electron chi connectivity index (χ1n) is 10.8. The van der Waals surface area contributed by atoms with Crippen LogP contribution < -0.4 is 5.56 Å². The van der Waals surface area contributed by atoms with Crippen LogP contribution in [0, 0.1) is 5.92 Å². The standard InChI is InChI=1S/C22H30N4O4/c1-2-30-22(29)25-11-9-24(10-12-25)20(27)7-4-8-23-14-17-13-18(16-23)19-5-3-6-21(28)26(19)15-17/h3-7,17-18H,2,8-16H2,1H3/b7-4+/t17-,18+/m0/s1. The Balaban J connectivity index is 1.27. The van der Waals surface area contributed by atoms with E-state index < -0.39 is 0 Å². The molecule has 30 heavy (non-hydrogen) atoms. The molecule has 2 fully saturated rings. The summed E-state index contributed by atoms with van der Waals surface area (Å²) in [6, 6.07) is 5.57. The second kappa shape index (κ2) is 9.04. The Hall–Kier alpha value is -2.61. The quantitative estimate of drug-likeness (QED) is 0.691. The van der Waals surface area contributed by atoms with E-state index in [0.29, 0.717) is 44.6 Å². The summed E-state index contributed by atoms with van der Waals surface area (Å²) in [5.74, 6) is 0.857. The average molecular weight is 415 g/mol. The van der Waals surface area contributed by atoms with Crippen LogP contribution in [0.15, 0.2) is 35.1 Å². The summed E-state index contributed by atoms with van der Waals surface area (Å²) in [6.07, 6.45) is 4.43. The van der Waals surface area contributed by atoms with Crippen molar-refractivity contribution in [1.82, 2.24) is 19.3 Å². The predicted molar refractivity (Wildman–Crippen MR) is 112 cm³/mol. The van der Waals surface area contributed by atoms with Crippen LogP contribution in [-0.2, 0) is 16.1 Å². The summed E-state index contributed by atoms with van der Waals surface area (Å²) in [7, 11) is 0. The number of amides is 2. The van der Waals surface area contributed by atoms with Crippen molar-refractivity contribution in [3.63, 3.8) is 0 Å². The van der Waals surface area contributed by atoms with E-state index in [1.807, 2.05) is 16.7 Å². The van der Waals surface area contributed by atoms with Gasteiger partial charge in [-0.1, -0.05) is 12.1 Å². The summed E-state index contributed by atoms with van der Waals surface area (Å²) in [5.41, 5.74) is 1.24. The number of piperidine rings is 1. The van der Waals surface area contributed by atoms with Gasteiger partial charge in [0.25, 0.3) is 5.56 Å². The number of aromatic nitrogens is 1. The molecule has 0 unspecified atom stereocenters. The molecule has 0 radical (unpaired) electrons. The summed E-state index contributed by atoms with van der Waals surface area (Å²) in [5, 5.41) is 0. The lowest BCUT2D eigenvalue weighted by Crippen LogP contribution is -2.50. The third-order valence-electron chi connectivity index (χ3n) is 6.30. The van der Waals surface area contributed by atoms with Crippen molar-refractivity contribution in [2.75, 3.05) is 52.4 Å². The minimum absolute atomic E-state index is 0.00684. The SMILES string of the molecule is CCOC(=O)N1CCN(C(=O)/C=C/CN2C[C@@H]3C[C@H](C2)c2cccc(=O)n2C3)CC1. The number of rotatable bonds is 4. The molecule has 4 heterocycles. The van der Waals surface area contributed by atoms with Crippen LogP contribution in [0.25, 0.3) is 0 Å². The molecule has 3 aliphatic heterocycles. The first-order chi connectivity index (χ1) is 14.5. The van der Waals surface area contributed by atoms with Crippen molar-refractivity contribution < 1.29 is 14.3 Å². The van der Waals surface area contributed by atoms with Gasteiger partial charge in [-0.25, -0.2) is 4.79 Å². The number of ether oxygens (including phenoxy) is 1. The fraction of sp³-hybridized carbons (Fsp3) is 0.591. The van der Waals surface area contributed by atoms with Crippen molar-refractivity contribution >= 4 is 12.0 Å².